The zero-order chi connectivity index (χ0) is 27.6. The molecular weight excluding hydrogens is 497 g/mol. The maximum absolute atomic E-state index is 12.7. The van der Waals surface area contributed by atoms with Crippen LogP contribution in [0.2, 0.25) is 18.1 Å². The number of pyridine rings is 1. The number of aromatic nitrogens is 1. The normalized spacial score (nSPS) is 13.5. The molecule has 0 spiro atoms. The highest BCUT2D eigenvalue weighted by Gasteiger charge is 2.41. The Labute approximate surface area is 217 Å². The van der Waals surface area contributed by atoms with E-state index < -0.39 is 20.4 Å². The number of fused-ring (bicyclic) bond motifs is 1. The highest BCUT2D eigenvalue weighted by atomic mass is 28.4. The Morgan fingerprint density at radius 3 is 2.22 bits per heavy atom. The molecule has 3 rings (SSSR count). The summed E-state index contributed by atoms with van der Waals surface area (Å²) in [5.74, 6) is -1.23. The number of amides is 1. The van der Waals surface area contributed by atoms with Gasteiger partial charge in [0.25, 0.3) is 0 Å². The lowest BCUT2D eigenvalue weighted by Gasteiger charge is -2.39. The first kappa shape index (κ1) is 28.7. The first-order valence-corrected chi connectivity index (χ1v) is 15.2. The van der Waals surface area contributed by atoms with Crippen LogP contribution in [0.4, 0.5) is 18.9 Å². The lowest BCUT2D eigenvalue weighted by Crippen LogP contribution is -2.45. The van der Waals surface area contributed by atoms with Crippen molar-refractivity contribution in [3.8, 4) is 17.0 Å². The van der Waals surface area contributed by atoms with Gasteiger partial charge in [-0.15, -0.1) is 0 Å². The largest absolute Gasteiger partial charge is 0.491 e. The van der Waals surface area contributed by atoms with Crippen molar-refractivity contribution in [1.82, 2.24) is 4.98 Å². The van der Waals surface area contributed by atoms with E-state index in [1.54, 1.807) is 12.1 Å². The molecule has 9 heteroatoms. The molecule has 37 heavy (non-hydrogen) atoms. The van der Waals surface area contributed by atoms with Crippen molar-refractivity contribution in [3.05, 3.63) is 54.6 Å². The number of ether oxygens (including phenoxy) is 1. The predicted octanol–water partition coefficient (Wildman–Crippen LogP) is 7.61. The molecule has 0 aliphatic carbocycles. The van der Waals surface area contributed by atoms with Gasteiger partial charge < -0.3 is 14.1 Å². The fraction of sp³-hybridized carbons (Fsp3) is 0.429. The van der Waals surface area contributed by atoms with Crippen molar-refractivity contribution >= 4 is 30.8 Å². The van der Waals surface area contributed by atoms with Crippen LogP contribution in [-0.4, -0.2) is 45.1 Å². The number of hydrogen-bond donors (Lipinski definition) is 0. The third-order valence-electron chi connectivity index (χ3n) is 6.92. The van der Waals surface area contributed by atoms with Gasteiger partial charge in [0.05, 0.1) is 17.3 Å². The molecule has 0 saturated heterocycles. The minimum absolute atomic E-state index is 0.00300. The molecule has 0 saturated carbocycles. The van der Waals surface area contributed by atoms with Crippen molar-refractivity contribution in [2.75, 3.05) is 18.6 Å². The Hall–Kier alpha value is -2.91. The zero-order valence-electron chi connectivity index (χ0n) is 22.4. The summed E-state index contributed by atoms with van der Waals surface area (Å²) < 4.78 is 50.8. The molecule has 200 valence electrons. The van der Waals surface area contributed by atoms with E-state index in [4.69, 9.17) is 14.1 Å². The van der Waals surface area contributed by atoms with Crippen molar-refractivity contribution in [1.29, 1.82) is 0 Å². The third-order valence-corrected chi connectivity index (χ3v) is 11.5. The first-order chi connectivity index (χ1) is 17.1. The Bertz CT molecular complexity index is 1240. The second-order valence-electron chi connectivity index (χ2n) is 10.7. The number of benzene rings is 2. The lowest BCUT2D eigenvalue weighted by atomic mass is 10.1. The number of carbonyl (C=O) groups excluding carboxylic acids is 1. The SMILES string of the molecule is CCC(COc1ccc2ccc(-c3ccc(N(C)C(=O)C(F)(F)F)cc3)nc2c1)O[Si](C)(C)C(C)(C)C. The Morgan fingerprint density at radius 1 is 1.03 bits per heavy atom. The second-order valence-corrected chi connectivity index (χ2v) is 15.4. The molecule has 1 heterocycles. The fourth-order valence-electron chi connectivity index (χ4n) is 3.53. The molecule has 2 aromatic carbocycles. The van der Waals surface area contributed by atoms with Crippen LogP contribution in [0, 0.1) is 0 Å². The number of halogens is 3. The van der Waals surface area contributed by atoms with E-state index in [9.17, 15) is 18.0 Å². The summed E-state index contributed by atoms with van der Waals surface area (Å²) in [5.41, 5.74) is 2.27. The van der Waals surface area contributed by atoms with Crippen LogP contribution >= 0.6 is 0 Å². The smallest absolute Gasteiger partial charge is 0.471 e. The van der Waals surface area contributed by atoms with Crippen molar-refractivity contribution in [3.63, 3.8) is 0 Å². The van der Waals surface area contributed by atoms with Gasteiger partial charge in [0.1, 0.15) is 12.4 Å². The molecule has 0 aliphatic heterocycles. The van der Waals surface area contributed by atoms with Gasteiger partial charge in [0, 0.05) is 29.8 Å². The molecular formula is C28H35F3N2O3Si. The topological polar surface area (TPSA) is 51.7 Å². The minimum atomic E-state index is -4.93. The maximum Gasteiger partial charge on any atom is 0.471 e. The maximum atomic E-state index is 12.7. The summed E-state index contributed by atoms with van der Waals surface area (Å²) in [6, 6.07) is 15.7. The van der Waals surface area contributed by atoms with E-state index in [2.05, 4.69) is 40.8 Å². The van der Waals surface area contributed by atoms with Gasteiger partial charge in [-0.1, -0.05) is 45.9 Å². The summed E-state index contributed by atoms with van der Waals surface area (Å²) in [4.78, 5) is 16.8. The third kappa shape index (κ3) is 6.90. The van der Waals surface area contributed by atoms with Gasteiger partial charge >= 0.3 is 12.1 Å². The number of nitrogens with zero attached hydrogens (tertiary/aromatic N) is 2. The quantitative estimate of drug-likeness (QED) is 0.280. The van der Waals surface area contributed by atoms with E-state index in [1.807, 2.05) is 30.3 Å². The van der Waals surface area contributed by atoms with Gasteiger partial charge in [0.15, 0.2) is 8.32 Å². The summed E-state index contributed by atoms with van der Waals surface area (Å²) in [5, 5.41) is 1.05. The predicted molar refractivity (Wildman–Crippen MR) is 144 cm³/mol. The van der Waals surface area contributed by atoms with Crippen LogP contribution in [-0.2, 0) is 9.22 Å². The summed E-state index contributed by atoms with van der Waals surface area (Å²) in [6.07, 6.45) is -4.08. The average Bonchev–Trinajstić information content (AvgIpc) is 2.83. The number of rotatable bonds is 8. The van der Waals surface area contributed by atoms with Crippen LogP contribution in [0.15, 0.2) is 54.6 Å². The van der Waals surface area contributed by atoms with Gasteiger partial charge in [-0.05, 0) is 54.9 Å². The van der Waals surface area contributed by atoms with E-state index >= 15 is 0 Å². The summed E-state index contributed by atoms with van der Waals surface area (Å²) >= 11 is 0. The van der Waals surface area contributed by atoms with Crippen LogP contribution in [0.5, 0.6) is 5.75 Å². The fourth-order valence-corrected chi connectivity index (χ4v) is 4.95. The van der Waals surface area contributed by atoms with Crippen LogP contribution in [0.1, 0.15) is 34.1 Å². The number of hydrogen-bond acceptors (Lipinski definition) is 4. The van der Waals surface area contributed by atoms with Crippen LogP contribution in [0.3, 0.4) is 0 Å². The molecule has 1 atom stereocenters. The summed E-state index contributed by atoms with van der Waals surface area (Å²) in [6.45, 7) is 13.6. The van der Waals surface area contributed by atoms with E-state index in [0.29, 0.717) is 23.0 Å². The van der Waals surface area contributed by atoms with E-state index in [1.165, 1.54) is 12.1 Å². The van der Waals surface area contributed by atoms with Gasteiger partial charge in [-0.2, -0.15) is 13.2 Å². The van der Waals surface area contributed by atoms with Crippen molar-refractivity contribution in [2.45, 2.75) is 64.5 Å². The molecule has 0 bridgehead atoms. The monoisotopic (exact) mass is 532 g/mol. The standard InChI is InChI=1S/C28H35F3N2O3Si/c1-8-22(36-37(6,7)27(2,3)4)18-35-23-15-11-20-12-16-24(32-25(20)17-23)19-9-13-21(14-10-19)33(5)26(34)28(29,30)31/h9-17,22H,8,18H2,1-7H3. The molecule has 0 N–H and O–H groups in total. The Kier molecular flexibility index (Phi) is 8.39. The molecule has 5 nitrogen and oxygen atoms in total. The molecule has 3 aromatic rings. The van der Waals surface area contributed by atoms with Gasteiger partial charge in [0.2, 0.25) is 0 Å². The van der Waals surface area contributed by atoms with Crippen LogP contribution in [0.25, 0.3) is 22.2 Å². The Balaban J connectivity index is 1.76. The second kappa shape index (κ2) is 10.8. The molecule has 1 aromatic heterocycles. The minimum Gasteiger partial charge on any atom is -0.491 e. The number of carbonyl (C=O) groups is 1. The van der Waals surface area contributed by atoms with E-state index in [0.717, 1.165) is 29.9 Å². The van der Waals surface area contributed by atoms with Gasteiger partial charge in [-0.3, -0.25) is 4.79 Å². The summed E-state index contributed by atoms with van der Waals surface area (Å²) in [7, 11) is -0.814. The average molecular weight is 533 g/mol. The van der Waals surface area contributed by atoms with E-state index in [-0.39, 0.29) is 16.8 Å². The van der Waals surface area contributed by atoms with Crippen molar-refractivity contribution in [2.24, 2.45) is 0 Å². The zero-order valence-corrected chi connectivity index (χ0v) is 23.4. The van der Waals surface area contributed by atoms with Crippen molar-refractivity contribution < 1.29 is 27.1 Å². The highest BCUT2D eigenvalue weighted by molar-refractivity contribution is 6.74. The molecule has 0 aliphatic rings. The molecule has 0 radical (unpaired) electrons. The molecule has 1 amide bonds. The number of anilines is 1. The first-order valence-electron chi connectivity index (χ1n) is 12.3. The van der Waals surface area contributed by atoms with Crippen LogP contribution < -0.4 is 9.64 Å². The van der Waals surface area contributed by atoms with Gasteiger partial charge in [-0.25, -0.2) is 4.98 Å². The Morgan fingerprint density at radius 2 is 1.65 bits per heavy atom. The molecule has 1 unspecified atom stereocenters. The lowest BCUT2D eigenvalue weighted by molar-refractivity contribution is -0.170. The highest BCUT2D eigenvalue weighted by Crippen LogP contribution is 2.37. The molecule has 0 fully saturated rings. The number of alkyl halides is 3.